The molecule has 214 valence electrons. The van der Waals surface area contributed by atoms with Crippen molar-refractivity contribution < 1.29 is 0 Å². The first-order valence-corrected chi connectivity index (χ1v) is 15.4. The molecule has 0 N–H and O–H groups in total. The molecule has 0 amide bonds. The molecule has 0 saturated carbocycles. The lowest BCUT2D eigenvalue weighted by molar-refractivity contribution is 1.07. The normalized spacial score (nSPS) is 11.5. The maximum atomic E-state index is 4.98. The number of hydrogen-bond acceptors (Lipinski definition) is 4. The minimum atomic E-state index is 0.643. The van der Waals surface area contributed by atoms with Crippen molar-refractivity contribution in [2.45, 2.75) is 0 Å². The van der Waals surface area contributed by atoms with Gasteiger partial charge in [0, 0.05) is 34.6 Å². The third-order valence-corrected chi connectivity index (χ3v) is 8.79. The summed E-state index contributed by atoms with van der Waals surface area (Å²) in [4.78, 5) is 19.3. The lowest BCUT2D eigenvalue weighted by Crippen LogP contribution is -2.00. The summed E-state index contributed by atoms with van der Waals surface area (Å²) in [5, 5.41) is 2.46. The Morgan fingerprint density at radius 2 is 0.826 bits per heavy atom. The van der Waals surface area contributed by atoms with Crippen LogP contribution < -0.4 is 0 Å². The molecule has 0 saturated heterocycles. The molecule has 0 atom stereocenters. The van der Waals surface area contributed by atoms with Crippen LogP contribution in [-0.4, -0.2) is 19.9 Å². The van der Waals surface area contributed by atoms with Crippen LogP contribution in [0.2, 0.25) is 0 Å². The van der Waals surface area contributed by atoms with Crippen molar-refractivity contribution in [3.8, 4) is 78.7 Å². The highest BCUT2D eigenvalue weighted by Crippen LogP contribution is 2.49. The minimum absolute atomic E-state index is 0.643. The van der Waals surface area contributed by atoms with E-state index in [2.05, 4.69) is 89.9 Å². The Labute approximate surface area is 266 Å². The summed E-state index contributed by atoms with van der Waals surface area (Å²) >= 11 is 0. The molecule has 0 fully saturated rings. The van der Waals surface area contributed by atoms with E-state index in [0.29, 0.717) is 17.5 Å². The number of benzene rings is 6. The van der Waals surface area contributed by atoms with Gasteiger partial charge >= 0.3 is 0 Å². The van der Waals surface area contributed by atoms with Crippen molar-refractivity contribution in [1.29, 1.82) is 0 Å². The molecule has 0 aliphatic heterocycles. The second kappa shape index (κ2) is 10.7. The van der Waals surface area contributed by atoms with Gasteiger partial charge in [0.2, 0.25) is 0 Å². The average Bonchev–Trinajstić information content (AvgIpc) is 3.26. The van der Waals surface area contributed by atoms with E-state index in [1.54, 1.807) is 0 Å². The highest BCUT2D eigenvalue weighted by Gasteiger charge is 2.22. The Bertz CT molecular complexity index is 2310. The summed E-state index contributed by atoms with van der Waals surface area (Å²) in [6.45, 7) is 0. The van der Waals surface area contributed by atoms with Crippen LogP contribution in [-0.2, 0) is 0 Å². The molecule has 0 unspecified atom stereocenters. The zero-order chi connectivity index (χ0) is 30.5. The largest absolute Gasteiger partial charge is 0.264 e. The first-order chi connectivity index (χ1) is 22.8. The van der Waals surface area contributed by atoms with Crippen LogP contribution in [0, 0.1) is 0 Å². The lowest BCUT2D eigenvalue weighted by atomic mass is 9.89. The first kappa shape index (κ1) is 26.2. The van der Waals surface area contributed by atoms with Crippen molar-refractivity contribution >= 4 is 10.8 Å². The van der Waals surface area contributed by atoms with Gasteiger partial charge in [0.05, 0.1) is 0 Å². The standard InChI is InChI=1S/C42H26N4/c1-3-11-27(12-4-1)40-44-41(28-13-5-2-6-14-28)46-42(45-40)30-16-9-15-29(25-30)31-21-22-37-32-17-7-8-18-33(32)38-26-43-24-23-34(38)36-20-10-19-35(31)39(36)37/h1-26H. The lowest BCUT2D eigenvalue weighted by Gasteiger charge is -2.15. The molecule has 2 heterocycles. The van der Waals surface area contributed by atoms with Gasteiger partial charge in [-0.2, -0.15) is 0 Å². The van der Waals surface area contributed by atoms with Crippen LogP contribution >= 0.6 is 0 Å². The van der Waals surface area contributed by atoms with Crippen molar-refractivity contribution in [1.82, 2.24) is 19.9 Å². The second-order valence-electron chi connectivity index (χ2n) is 11.5. The van der Waals surface area contributed by atoms with E-state index < -0.39 is 0 Å². The Hall–Kier alpha value is -6.26. The quantitative estimate of drug-likeness (QED) is 0.206. The zero-order valence-electron chi connectivity index (χ0n) is 24.8. The van der Waals surface area contributed by atoms with Gasteiger partial charge in [0.25, 0.3) is 0 Å². The number of hydrogen-bond donors (Lipinski definition) is 0. The monoisotopic (exact) mass is 586 g/mol. The fraction of sp³-hybridized carbons (Fsp3) is 0. The third-order valence-electron chi connectivity index (χ3n) is 8.79. The third kappa shape index (κ3) is 4.31. The molecular weight excluding hydrogens is 560 g/mol. The maximum Gasteiger partial charge on any atom is 0.164 e. The topological polar surface area (TPSA) is 51.6 Å². The molecule has 0 radical (unpaired) electrons. The highest BCUT2D eigenvalue weighted by atomic mass is 15.0. The van der Waals surface area contributed by atoms with E-state index in [9.17, 15) is 0 Å². The Balaban J connectivity index is 1.24. The summed E-state index contributed by atoms with van der Waals surface area (Å²) in [5.74, 6) is 1.95. The number of nitrogens with zero attached hydrogens (tertiary/aromatic N) is 4. The van der Waals surface area contributed by atoms with E-state index in [-0.39, 0.29) is 0 Å². The maximum absolute atomic E-state index is 4.98. The predicted molar refractivity (Wildman–Crippen MR) is 187 cm³/mol. The Morgan fingerprint density at radius 1 is 0.326 bits per heavy atom. The molecular formula is C42H26N4. The smallest absolute Gasteiger partial charge is 0.164 e. The summed E-state index contributed by atoms with van der Waals surface area (Å²) in [5.41, 5.74) is 12.4. The van der Waals surface area contributed by atoms with Crippen LogP contribution in [0.4, 0.5) is 0 Å². The average molecular weight is 587 g/mol. The predicted octanol–water partition coefficient (Wildman–Crippen LogP) is 10.4. The van der Waals surface area contributed by atoms with E-state index in [1.807, 2.05) is 73.1 Å². The fourth-order valence-electron chi connectivity index (χ4n) is 6.67. The highest BCUT2D eigenvalue weighted by molar-refractivity contribution is 6.16. The zero-order valence-corrected chi connectivity index (χ0v) is 24.8. The van der Waals surface area contributed by atoms with Crippen LogP contribution in [0.5, 0.6) is 0 Å². The Kier molecular flexibility index (Phi) is 6.10. The molecule has 4 nitrogen and oxygen atoms in total. The van der Waals surface area contributed by atoms with Crippen LogP contribution in [0.1, 0.15) is 0 Å². The molecule has 46 heavy (non-hydrogen) atoms. The van der Waals surface area contributed by atoms with E-state index >= 15 is 0 Å². The van der Waals surface area contributed by atoms with Gasteiger partial charge in [0.15, 0.2) is 17.5 Å². The Morgan fingerprint density at radius 3 is 1.54 bits per heavy atom. The van der Waals surface area contributed by atoms with E-state index in [4.69, 9.17) is 15.0 Å². The molecule has 6 aromatic carbocycles. The molecule has 8 aromatic rings. The van der Waals surface area contributed by atoms with Crippen molar-refractivity contribution in [2.24, 2.45) is 0 Å². The summed E-state index contributed by atoms with van der Waals surface area (Å²) in [7, 11) is 0. The van der Waals surface area contributed by atoms with E-state index in [1.165, 1.54) is 38.6 Å². The van der Waals surface area contributed by atoms with Gasteiger partial charge in [0.1, 0.15) is 0 Å². The molecule has 1 aliphatic rings. The number of aromatic nitrogens is 4. The van der Waals surface area contributed by atoms with Gasteiger partial charge in [-0.3, -0.25) is 4.98 Å². The van der Waals surface area contributed by atoms with Gasteiger partial charge in [-0.05, 0) is 61.8 Å². The molecule has 1 aliphatic carbocycles. The van der Waals surface area contributed by atoms with Crippen molar-refractivity contribution in [3.05, 3.63) is 158 Å². The van der Waals surface area contributed by atoms with Crippen LogP contribution in [0.25, 0.3) is 89.4 Å². The molecule has 0 spiro atoms. The van der Waals surface area contributed by atoms with Crippen molar-refractivity contribution in [2.75, 3.05) is 0 Å². The summed E-state index contributed by atoms with van der Waals surface area (Å²) in [6.07, 6.45) is 3.88. The van der Waals surface area contributed by atoms with Gasteiger partial charge in [-0.25, -0.2) is 15.0 Å². The summed E-state index contributed by atoms with van der Waals surface area (Å²) in [6, 6.07) is 50.7. The van der Waals surface area contributed by atoms with Gasteiger partial charge < -0.3 is 0 Å². The SMILES string of the molecule is c1ccc(-c2nc(-c3ccccc3)nc(-c3cccc(-c4ccc5c6c(cccc46)-c4ccncc4-c4ccccc4-5)c3)n2)cc1. The minimum Gasteiger partial charge on any atom is -0.264 e. The van der Waals surface area contributed by atoms with Gasteiger partial charge in [-0.1, -0.05) is 133 Å². The number of rotatable bonds is 4. The number of fused-ring (bicyclic) bond motifs is 5. The van der Waals surface area contributed by atoms with Crippen LogP contribution in [0.3, 0.4) is 0 Å². The molecule has 0 bridgehead atoms. The van der Waals surface area contributed by atoms with Gasteiger partial charge in [-0.15, -0.1) is 0 Å². The summed E-state index contributed by atoms with van der Waals surface area (Å²) < 4.78 is 0. The first-order valence-electron chi connectivity index (χ1n) is 15.4. The van der Waals surface area contributed by atoms with E-state index in [0.717, 1.165) is 33.4 Å². The molecule has 4 heteroatoms. The number of pyridine rings is 1. The molecule has 2 aromatic heterocycles. The van der Waals surface area contributed by atoms with Crippen molar-refractivity contribution in [3.63, 3.8) is 0 Å². The second-order valence-corrected chi connectivity index (χ2v) is 11.5. The molecule has 9 rings (SSSR count). The fourth-order valence-corrected chi connectivity index (χ4v) is 6.67. The van der Waals surface area contributed by atoms with Crippen LogP contribution in [0.15, 0.2) is 158 Å².